The summed E-state index contributed by atoms with van der Waals surface area (Å²) in [5, 5.41) is 5.58. The summed E-state index contributed by atoms with van der Waals surface area (Å²) in [6.45, 7) is 3.87. The molecule has 1 heterocycles. The molecule has 2 aromatic rings. The second-order valence-corrected chi connectivity index (χ2v) is 5.20. The number of rotatable bonds is 7. The van der Waals surface area contributed by atoms with Crippen molar-refractivity contribution in [3.8, 4) is 5.75 Å². The average Bonchev–Trinajstić information content (AvgIpc) is 2.94. The first-order valence-electron chi connectivity index (χ1n) is 6.78. The summed E-state index contributed by atoms with van der Waals surface area (Å²) in [6.07, 6.45) is 0.790. The van der Waals surface area contributed by atoms with Crippen molar-refractivity contribution in [2.24, 2.45) is 0 Å². The minimum absolute atomic E-state index is 0.239. The van der Waals surface area contributed by atoms with Gasteiger partial charge in [-0.2, -0.15) is 0 Å². The van der Waals surface area contributed by atoms with E-state index in [0.717, 1.165) is 16.6 Å². The molecule has 0 saturated carbocycles. The Balaban J connectivity index is 1.91. The summed E-state index contributed by atoms with van der Waals surface area (Å²) in [7, 11) is 1.59. The fourth-order valence-corrected chi connectivity index (χ4v) is 2.59. The number of aromatic nitrogens is 1. The number of ether oxygens (including phenoxy) is 2. The summed E-state index contributed by atoms with van der Waals surface area (Å²) in [4.78, 5) is 16.0. The highest BCUT2D eigenvalue weighted by molar-refractivity contribution is 7.16. The zero-order valence-electron chi connectivity index (χ0n) is 12.1. The Kier molecular flexibility index (Phi) is 5.77. The third-order valence-corrected chi connectivity index (χ3v) is 3.61. The number of anilines is 1. The van der Waals surface area contributed by atoms with Crippen molar-refractivity contribution in [2.45, 2.75) is 13.3 Å². The zero-order valence-corrected chi connectivity index (χ0v) is 13.0. The smallest absolute Gasteiger partial charge is 0.319 e. The highest BCUT2D eigenvalue weighted by atomic mass is 32.1. The van der Waals surface area contributed by atoms with Crippen LogP contribution in [0.15, 0.2) is 17.6 Å². The molecule has 2 rings (SSSR count). The highest BCUT2D eigenvalue weighted by Crippen LogP contribution is 2.31. The Hall–Kier alpha value is -1.86. The molecule has 1 aromatic heterocycles. The van der Waals surface area contributed by atoms with Gasteiger partial charge in [0.1, 0.15) is 11.3 Å². The molecule has 0 saturated heterocycles. The Morgan fingerprint density at radius 3 is 3.05 bits per heavy atom. The summed E-state index contributed by atoms with van der Waals surface area (Å²) in [5.74, 6) is 0.653. The average molecular weight is 309 g/mol. The van der Waals surface area contributed by atoms with Gasteiger partial charge in [-0.15, -0.1) is 11.3 Å². The van der Waals surface area contributed by atoms with Gasteiger partial charge in [-0.05, 0) is 19.4 Å². The van der Waals surface area contributed by atoms with E-state index in [2.05, 4.69) is 15.6 Å². The predicted molar refractivity (Wildman–Crippen MR) is 84.3 cm³/mol. The minimum Gasteiger partial charge on any atom is -0.494 e. The molecule has 0 radical (unpaired) electrons. The topological polar surface area (TPSA) is 72.5 Å². The van der Waals surface area contributed by atoms with Crippen LogP contribution < -0.4 is 15.4 Å². The van der Waals surface area contributed by atoms with Crippen LogP contribution in [0.5, 0.6) is 5.75 Å². The van der Waals surface area contributed by atoms with Crippen molar-refractivity contribution in [2.75, 3.05) is 32.2 Å². The maximum atomic E-state index is 11.8. The number of thiazole rings is 1. The first-order valence-corrected chi connectivity index (χ1v) is 7.66. The molecule has 0 unspecified atom stereocenters. The number of carbonyl (C=O) groups is 1. The van der Waals surface area contributed by atoms with Crippen molar-refractivity contribution < 1.29 is 14.3 Å². The second kappa shape index (κ2) is 7.80. The van der Waals surface area contributed by atoms with Crippen LogP contribution in [0, 0.1) is 0 Å². The predicted octanol–water partition coefficient (Wildman–Crippen LogP) is 2.85. The molecule has 6 nitrogen and oxygen atoms in total. The summed E-state index contributed by atoms with van der Waals surface area (Å²) >= 11 is 1.51. The Labute approximate surface area is 127 Å². The Morgan fingerprint density at radius 1 is 1.43 bits per heavy atom. The van der Waals surface area contributed by atoms with Crippen LogP contribution in [-0.4, -0.2) is 37.9 Å². The molecule has 7 heteroatoms. The Bertz CT molecular complexity index is 600. The molecule has 2 amide bonds. The lowest BCUT2D eigenvalue weighted by atomic mass is 10.2. The van der Waals surface area contributed by atoms with E-state index in [4.69, 9.17) is 9.47 Å². The zero-order chi connectivity index (χ0) is 15.1. The first-order chi connectivity index (χ1) is 10.2. The summed E-state index contributed by atoms with van der Waals surface area (Å²) in [6, 6.07) is 3.41. The molecular formula is C14H19N3O3S. The van der Waals surface area contributed by atoms with Gasteiger partial charge in [0, 0.05) is 31.5 Å². The van der Waals surface area contributed by atoms with Crippen LogP contribution in [0.1, 0.15) is 13.3 Å². The number of urea groups is 1. The molecule has 1 aromatic carbocycles. The number of amides is 2. The van der Waals surface area contributed by atoms with Crippen LogP contribution in [0.4, 0.5) is 10.5 Å². The number of benzene rings is 1. The number of fused-ring (bicyclic) bond motifs is 1. The molecule has 0 aliphatic carbocycles. The third kappa shape index (κ3) is 4.30. The molecule has 21 heavy (non-hydrogen) atoms. The maximum absolute atomic E-state index is 11.8. The molecule has 0 bridgehead atoms. The summed E-state index contributed by atoms with van der Waals surface area (Å²) in [5.41, 5.74) is 3.25. The third-order valence-electron chi connectivity index (χ3n) is 2.83. The first kappa shape index (κ1) is 15.5. The molecule has 0 aliphatic rings. The maximum Gasteiger partial charge on any atom is 0.319 e. The lowest BCUT2D eigenvalue weighted by Crippen LogP contribution is -2.30. The van der Waals surface area contributed by atoms with Crippen molar-refractivity contribution in [3.05, 3.63) is 17.6 Å². The number of carbonyl (C=O) groups excluding carboxylic acids is 1. The van der Waals surface area contributed by atoms with Gasteiger partial charge in [-0.25, -0.2) is 9.78 Å². The lowest BCUT2D eigenvalue weighted by Gasteiger charge is -2.09. The van der Waals surface area contributed by atoms with E-state index in [1.54, 1.807) is 18.7 Å². The van der Waals surface area contributed by atoms with Crippen LogP contribution in [0.2, 0.25) is 0 Å². The van der Waals surface area contributed by atoms with Crippen LogP contribution in [-0.2, 0) is 4.74 Å². The highest BCUT2D eigenvalue weighted by Gasteiger charge is 2.09. The lowest BCUT2D eigenvalue weighted by molar-refractivity contribution is 0.145. The van der Waals surface area contributed by atoms with Crippen molar-refractivity contribution in [1.82, 2.24) is 10.3 Å². The van der Waals surface area contributed by atoms with Crippen LogP contribution in [0.3, 0.4) is 0 Å². The van der Waals surface area contributed by atoms with E-state index in [-0.39, 0.29) is 6.03 Å². The standard InChI is InChI=1S/C14H19N3O3S/c1-3-20-6-4-5-15-14(18)17-10-7-11(19-2)13-12(8-10)21-9-16-13/h7-9H,3-6H2,1-2H3,(H2,15,17,18). The van der Waals surface area contributed by atoms with Crippen LogP contribution >= 0.6 is 11.3 Å². The van der Waals surface area contributed by atoms with E-state index < -0.39 is 0 Å². The van der Waals surface area contributed by atoms with Gasteiger partial charge >= 0.3 is 6.03 Å². The van der Waals surface area contributed by atoms with Crippen molar-refractivity contribution in [3.63, 3.8) is 0 Å². The molecular weight excluding hydrogens is 290 g/mol. The van der Waals surface area contributed by atoms with Gasteiger partial charge in [0.2, 0.25) is 0 Å². The van der Waals surface area contributed by atoms with Gasteiger partial charge in [0.15, 0.2) is 0 Å². The quantitative estimate of drug-likeness (QED) is 0.771. The fourth-order valence-electron chi connectivity index (χ4n) is 1.86. The summed E-state index contributed by atoms with van der Waals surface area (Å²) < 4.78 is 11.5. The van der Waals surface area contributed by atoms with Gasteiger partial charge in [0.05, 0.1) is 17.3 Å². The monoisotopic (exact) mass is 309 g/mol. The number of nitrogens with one attached hydrogen (secondary N) is 2. The molecule has 0 spiro atoms. The molecule has 0 aliphatic heterocycles. The van der Waals surface area contributed by atoms with E-state index in [1.807, 2.05) is 13.0 Å². The number of hydrogen-bond acceptors (Lipinski definition) is 5. The van der Waals surface area contributed by atoms with Gasteiger partial charge in [-0.1, -0.05) is 0 Å². The molecule has 0 atom stereocenters. The van der Waals surface area contributed by atoms with E-state index in [9.17, 15) is 4.79 Å². The van der Waals surface area contributed by atoms with Crippen molar-refractivity contribution in [1.29, 1.82) is 0 Å². The largest absolute Gasteiger partial charge is 0.494 e. The molecule has 0 fully saturated rings. The number of methoxy groups -OCH3 is 1. The van der Waals surface area contributed by atoms with Gasteiger partial charge < -0.3 is 20.1 Å². The molecule has 114 valence electrons. The normalized spacial score (nSPS) is 10.6. The van der Waals surface area contributed by atoms with E-state index in [0.29, 0.717) is 31.2 Å². The van der Waals surface area contributed by atoms with Gasteiger partial charge in [0.25, 0.3) is 0 Å². The number of nitrogens with zero attached hydrogens (tertiary/aromatic N) is 1. The molecule has 2 N–H and O–H groups in total. The SMILES string of the molecule is CCOCCCNC(=O)Nc1cc(OC)c2ncsc2c1. The van der Waals surface area contributed by atoms with E-state index >= 15 is 0 Å². The minimum atomic E-state index is -0.239. The van der Waals surface area contributed by atoms with E-state index in [1.165, 1.54) is 11.3 Å². The van der Waals surface area contributed by atoms with Gasteiger partial charge in [-0.3, -0.25) is 0 Å². The Morgan fingerprint density at radius 2 is 2.29 bits per heavy atom. The van der Waals surface area contributed by atoms with Crippen LogP contribution in [0.25, 0.3) is 10.2 Å². The van der Waals surface area contributed by atoms with Crippen molar-refractivity contribution >= 4 is 33.3 Å². The second-order valence-electron chi connectivity index (χ2n) is 4.31. The fraction of sp³-hybridized carbons (Fsp3) is 0.429. The number of hydrogen-bond donors (Lipinski definition) is 2.